The fourth-order valence-electron chi connectivity index (χ4n) is 2.79. The molecule has 0 saturated carbocycles. The lowest BCUT2D eigenvalue weighted by Gasteiger charge is -2.11. The van der Waals surface area contributed by atoms with Crippen molar-refractivity contribution in [3.8, 4) is 0 Å². The Hall–Kier alpha value is -3.21. The van der Waals surface area contributed by atoms with Gasteiger partial charge in [0.1, 0.15) is 0 Å². The molecule has 2 aromatic carbocycles. The van der Waals surface area contributed by atoms with Crippen molar-refractivity contribution >= 4 is 23.2 Å². The van der Waals surface area contributed by atoms with E-state index in [4.69, 9.17) is 0 Å². The van der Waals surface area contributed by atoms with Crippen molar-refractivity contribution in [3.05, 3.63) is 77.1 Å². The number of hydrogen-bond acceptors (Lipinski definition) is 4. The number of para-hydroxylation sites is 1. The highest BCUT2D eigenvalue weighted by Crippen LogP contribution is 2.21. The maximum atomic E-state index is 12.5. The summed E-state index contributed by atoms with van der Waals surface area (Å²) < 4.78 is 0. The molecule has 0 aliphatic rings. The predicted molar refractivity (Wildman–Crippen MR) is 110 cm³/mol. The normalized spacial score (nSPS) is 10.7. The molecule has 5 nitrogen and oxygen atoms in total. The topological polar surface area (TPSA) is 66.9 Å². The van der Waals surface area contributed by atoms with Gasteiger partial charge in [0, 0.05) is 23.8 Å². The molecular formula is C22H24N4O. The van der Waals surface area contributed by atoms with E-state index in [1.165, 1.54) is 18.0 Å². The zero-order valence-corrected chi connectivity index (χ0v) is 16.1. The summed E-state index contributed by atoms with van der Waals surface area (Å²) in [6, 6.07) is 14.1. The molecule has 2 N–H and O–H groups in total. The molecule has 1 heterocycles. The SMILES string of the molecule is Cc1cccc(C)c1NC(=O)c1cnc(Nc2ccc(C(C)C)cc2)nc1. The molecule has 0 bridgehead atoms. The summed E-state index contributed by atoms with van der Waals surface area (Å²) in [6.07, 6.45) is 3.06. The lowest BCUT2D eigenvalue weighted by atomic mass is 10.0. The number of rotatable bonds is 5. The number of carbonyl (C=O) groups excluding carboxylic acids is 1. The van der Waals surface area contributed by atoms with Gasteiger partial charge in [-0.3, -0.25) is 4.79 Å². The zero-order chi connectivity index (χ0) is 19.4. The standard InChI is InChI=1S/C22H24N4O/c1-14(2)17-8-10-19(11-9-17)25-22-23-12-18(13-24-22)21(27)26-20-15(3)6-5-7-16(20)4/h5-14H,1-4H3,(H,26,27)(H,23,24,25). The van der Waals surface area contributed by atoms with Gasteiger partial charge in [0.05, 0.1) is 5.56 Å². The minimum atomic E-state index is -0.222. The number of carbonyl (C=O) groups is 1. The Kier molecular flexibility index (Phi) is 5.50. The molecule has 0 aliphatic heterocycles. The average Bonchev–Trinajstić information content (AvgIpc) is 2.66. The fraction of sp³-hybridized carbons (Fsp3) is 0.227. The molecule has 0 saturated heterocycles. The van der Waals surface area contributed by atoms with E-state index in [9.17, 15) is 4.79 Å². The Morgan fingerprint density at radius 3 is 2.07 bits per heavy atom. The van der Waals surface area contributed by atoms with E-state index >= 15 is 0 Å². The summed E-state index contributed by atoms with van der Waals surface area (Å²) in [4.78, 5) is 21.0. The predicted octanol–water partition coefficient (Wildman–Crippen LogP) is 5.21. The van der Waals surface area contributed by atoms with Gasteiger partial charge in [0.2, 0.25) is 5.95 Å². The van der Waals surface area contributed by atoms with Gasteiger partial charge < -0.3 is 10.6 Å². The molecule has 0 fully saturated rings. The van der Waals surface area contributed by atoms with Crippen LogP contribution in [-0.4, -0.2) is 15.9 Å². The Morgan fingerprint density at radius 2 is 1.52 bits per heavy atom. The summed E-state index contributed by atoms with van der Waals surface area (Å²) in [5, 5.41) is 6.09. The minimum absolute atomic E-state index is 0.222. The quantitative estimate of drug-likeness (QED) is 0.655. The molecule has 27 heavy (non-hydrogen) atoms. The van der Waals surface area contributed by atoms with Crippen molar-refractivity contribution in [2.75, 3.05) is 10.6 Å². The molecule has 0 radical (unpaired) electrons. The number of anilines is 3. The van der Waals surface area contributed by atoms with Crippen LogP contribution in [0.1, 0.15) is 46.8 Å². The van der Waals surface area contributed by atoms with E-state index in [1.807, 2.05) is 44.2 Å². The van der Waals surface area contributed by atoms with Gasteiger partial charge in [-0.05, 0) is 48.6 Å². The molecule has 1 amide bonds. The van der Waals surface area contributed by atoms with Gasteiger partial charge in [-0.1, -0.05) is 44.2 Å². The molecular weight excluding hydrogens is 336 g/mol. The number of nitrogens with one attached hydrogen (secondary N) is 2. The second-order valence-corrected chi connectivity index (χ2v) is 6.92. The Labute approximate surface area is 159 Å². The lowest BCUT2D eigenvalue weighted by Crippen LogP contribution is -2.14. The average molecular weight is 360 g/mol. The third-order valence-corrected chi connectivity index (χ3v) is 4.47. The van der Waals surface area contributed by atoms with Crippen molar-refractivity contribution in [1.29, 1.82) is 0 Å². The summed E-state index contributed by atoms with van der Waals surface area (Å²) in [5.41, 5.74) is 5.47. The summed E-state index contributed by atoms with van der Waals surface area (Å²) in [5.74, 6) is 0.723. The largest absolute Gasteiger partial charge is 0.324 e. The third-order valence-electron chi connectivity index (χ3n) is 4.47. The van der Waals surface area contributed by atoms with Gasteiger partial charge in [0.25, 0.3) is 5.91 Å². The smallest absolute Gasteiger partial charge is 0.258 e. The Bertz CT molecular complexity index is 911. The minimum Gasteiger partial charge on any atom is -0.324 e. The molecule has 0 aliphatic carbocycles. The summed E-state index contributed by atoms with van der Waals surface area (Å²) >= 11 is 0. The number of hydrogen-bond donors (Lipinski definition) is 2. The number of aryl methyl sites for hydroxylation is 2. The van der Waals surface area contributed by atoms with Crippen LogP contribution in [-0.2, 0) is 0 Å². The Morgan fingerprint density at radius 1 is 0.926 bits per heavy atom. The van der Waals surface area contributed by atoms with Gasteiger partial charge in [0.15, 0.2) is 0 Å². The molecule has 5 heteroatoms. The van der Waals surface area contributed by atoms with Crippen LogP contribution in [0, 0.1) is 13.8 Å². The number of benzene rings is 2. The van der Waals surface area contributed by atoms with Gasteiger partial charge in [-0.2, -0.15) is 0 Å². The highest BCUT2D eigenvalue weighted by molar-refractivity contribution is 6.04. The number of nitrogens with zero attached hydrogens (tertiary/aromatic N) is 2. The second-order valence-electron chi connectivity index (χ2n) is 6.92. The summed E-state index contributed by atoms with van der Waals surface area (Å²) in [7, 11) is 0. The molecule has 138 valence electrons. The first kappa shape index (κ1) is 18.6. The van der Waals surface area contributed by atoms with E-state index in [1.54, 1.807) is 0 Å². The molecule has 3 aromatic rings. The van der Waals surface area contributed by atoms with Crippen LogP contribution in [0.2, 0.25) is 0 Å². The van der Waals surface area contributed by atoms with E-state index in [0.29, 0.717) is 17.4 Å². The highest BCUT2D eigenvalue weighted by atomic mass is 16.1. The van der Waals surface area contributed by atoms with Gasteiger partial charge in [-0.25, -0.2) is 9.97 Å². The van der Waals surface area contributed by atoms with E-state index in [-0.39, 0.29) is 5.91 Å². The molecule has 0 spiro atoms. The van der Waals surface area contributed by atoms with E-state index < -0.39 is 0 Å². The number of amides is 1. The first-order valence-electron chi connectivity index (χ1n) is 9.00. The van der Waals surface area contributed by atoms with Crippen LogP contribution >= 0.6 is 0 Å². The molecule has 1 aromatic heterocycles. The van der Waals surface area contributed by atoms with Crippen molar-refractivity contribution in [2.24, 2.45) is 0 Å². The van der Waals surface area contributed by atoms with Gasteiger partial charge >= 0.3 is 0 Å². The first-order valence-corrected chi connectivity index (χ1v) is 9.00. The van der Waals surface area contributed by atoms with Crippen LogP contribution in [0.5, 0.6) is 0 Å². The maximum Gasteiger partial charge on any atom is 0.258 e. The van der Waals surface area contributed by atoms with Crippen molar-refractivity contribution < 1.29 is 4.79 Å². The summed E-state index contributed by atoms with van der Waals surface area (Å²) in [6.45, 7) is 8.26. The third kappa shape index (κ3) is 4.50. The van der Waals surface area contributed by atoms with Crippen molar-refractivity contribution in [1.82, 2.24) is 9.97 Å². The van der Waals surface area contributed by atoms with Crippen LogP contribution in [0.3, 0.4) is 0 Å². The Balaban J connectivity index is 1.68. The highest BCUT2D eigenvalue weighted by Gasteiger charge is 2.11. The van der Waals surface area contributed by atoms with Crippen LogP contribution in [0.4, 0.5) is 17.3 Å². The van der Waals surface area contributed by atoms with Crippen LogP contribution < -0.4 is 10.6 Å². The van der Waals surface area contributed by atoms with Crippen LogP contribution in [0.25, 0.3) is 0 Å². The van der Waals surface area contributed by atoms with E-state index in [0.717, 1.165) is 22.5 Å². The van der Waals surface area contributed by atoms with Crippen LogP contribution in [0.15, 0.2) is 54.9 Å². The van der Waals surface area contributed by atoms with E-state index in [2.05, 4.69) is 46.6 Å². The molecule has 0 atom stereocenters. The second kappa shape index (κ2) is 7.99. The van der Waals surface area contributed by atoms with Crippen molar-refractivity contribution in [2.45, 2.75) is 33.6 Å². The first-order chi connectivity index (χ1) is 12.9. The lowest BCUT2D eigenvalue weighted by molar-refractivity contribution is 0.102. The maximum absolute atomic E-state index is 12.5. The zero-order valence-electron chi connectivity index (χ0n) is 16.1. The monoisotopic (exact) mass is 360 g/mol. The van der Waals surface area contributed by atoms with Gasteiger partial charge in [-0.15, -0.1) is 0 Å². The van der Waals surface area contributed by atoms with Crippen molar-refractivity contribution in [3.63, 3.8) is 0 Å². The molecule has 3 rings (SSSR count). The molecule has 0 unspecified atom stereocenters. The number of aromatic nitrogens is 2. The fourth-order valence-corrected chi connectivity index (χ4v) is 2.79.